The predicted molar refractivity (Wildman–Crippen MR) is 105 cm³/mol. The monoisotopic (exact) mass is 445 g/mol. The zero-order chi connectivity index (χ0) is 19.0. The number of aromatic nitrogens is 2. The van der Waals surface area contributed by atoms with Crippen molar-refractivity contribution in [1.82, 2.24) is 13.7 Å². The molecule has 0 saturated carbocycles. The van der Waals surface area contributed by atoms with Crippen LogP contribution in [-0.2, 0) is 10.0 Å². The molecule has 2 aromatic heterocycles. The molecule has 0 aliphatic carbocycles. The molecule has 0 amide bonds. The van der Waals surface area contributed by atoms with Gasteiger partial charge in [0.05, 0.1) is 4.90 Å². The molecular formula is C18H16BrN5O2S. The van der Waals surface area contributed by atoms with Crippen LogP contribution in [0.15, 0.2) is 58.0 Å². The minimum atomic E-state index is -3.53. The Labute approximate surface area is 165 Å². The molecule has 0 N–H and O–H groups in total. The molecule has 0 atom stereocenters. The quantitative estimate of drug-likeness (QED) is 0.618. The zero-order valence-electron chi connectivity index (χ0n) is 14.3. The number of piperazine rings is 1. The van der Waals surface area contributed by atoms with Crippen molar-refractivity contribution in [2.75, 3.05) is 31.1 Å². The van der Waals surface area contributed by atoms with E-state index in [1.165, 1.54) is 4.31 Å². The Morgan fingerprint density at radius 2 is 1.74 bits per heavy atom. The summed E-state index contributed by atoms with van der Waals surface area (Å²) in [6, 6.07) is 14.4. The van der Waals surface area contributed by atoms with Gasteiger partial charge in [0.2, 0.25) is 10.0 Å². The molecule has 1 aliphatic rings. The van der Waals surface area contributed by atoms with E-state index in [1.54, 1.807) is 34.9 Å². The summed E-state index contributed by atoms with van der Waals surface area (Å²) >= 11 is 3.32. The third-order valence-electron chi connectivity index (χ3n) is 4.61. The molecule has 1 fully saturated rings. The van der Waals surface area contributed by atoms with Gasteiger partial charge >= 0.3 is 0 Å². The van der Waals surface area contributed by atoms with E-state index in [2.05, 4.69) is 27.0 Å². The van der Waals surface area contributed by atoms with Gasteiger partial charge in [0.15, 0.2) is 11.5 Å². The number of hydrogen-bond acceptors (Lipinski definition) is 5. The lowest BCUT2D eigenvalue weighted by molar-refractivity contribution is 0.384. The topological polar surface area (TPSA) is 81.7 Å². The summed E-state index contributed by atoms with van der Waals surface area (Å²) in [4.78, 5) is 6.81. The van der Waals surface area contributed by atoms with Gasteiger partial charge in [-0.25, -0.2) is 13.4 Å². The highest BCUT2D eigenvalue weighted by Crippen LogP contribution is 2.25. The molecule has 0 radical (unpaired) electrons. The van der Waals surface area contributed by atoms with Crippen LogP contribution in [-0.4, -0.2) is 48.3 Å². The summed E-state index contributed by atoms with van der Waals surface area (Å²) in [5, 5.41) is 9.54. The Hall–Kier alpha value is -2.41. The molecule has 4 rings (SSSR count). The lowest BCUT2D eigenvalue weighted by atomic mass is 10.3. The highest BCUT2D eigenvalue weighted by atomic mass is 79.9. The first-order valence-electron chi connectivity index (χ1n) is 8.38. The Morgan fingerprint density at radius 1 is 1.04 bits per heavy atom. The number of rotatable bonds is 3. The molecule has 0 spiro atoms. The van der Waals surface area contributed by atoms with Crippen molar-refractivity contribution in [3.05, 3.63) is 58.8 Å². The fourth-order valence-corrected chi connectivity index (χ4v) is 4.89. The molecule has 3 heterocycles. The van der Waals surface area contributed by atoms with Crippen LogP contribution < -0.4 is 4.90 Å². The average Bonchev–Trinajstić information content (AvgIpc) is 3.07. The summed E-state index contributed by atoms with van der Waals surface area (Å²) in [7, 11) is -3.53. The van der Waals surface area contributed by atoms with Crippen molar-refractivity contribution in [3.8, 4) is 6.07 Å². The van der Waals surface area contributed by atoms with Gasteiger partial charge in [0, 0.05) is 36.8 Å². The molecule has 1 aliphatic heterocycles. The highest BCUT2D eigenvalue weighted by molar-refractivity contribution is 9.10. The summed E-state index contributed by atoms with van der Waals surface area (Å²) < 4.78 is 29.7. The summed E-state index contributed by atoms with van der Waals surface area (Å²) in [5.74, 6) is 0.601. The van der Waals surface area contributed by atoms with Gasteiger partial charge in [0.25, 0.3) is 0 Å². The van der Waals surface area contributed by atoms with Crippen LogP contribution in [0.4, 0.5) is 5.82 Å². The summed E-state index contributed by atoms with van der Waals surface area (Å²) in [6.45, 7) is 1.65. The summed E-state index contributed by atoms with van der Waals surface area (Å²) in [6.07, 6.45) is 1.80. The maximum absolute atomic E-state index is 12.8. The smallest absolute Gasteiger partial charge is 0.243 e. The Morgan fingerprint density at radius 3 is 2.41 bits per heavy atom. The highest BCUT2D eigenvalue weighted by Gasteiger charge is 2.30. The van der Waals surface area contributed by atoms with Gasteiger partial charge in [-0.1, -0.05) is 22.0 Å². The number of hydrogen-bond donors (Lipinski definition) is 0. The van der Waals surface area contributed by atoms with Gasteiger partial charge < -0.3 is 4.90 Å². The number of imidazole rings is 1. The molecule has 7 nitrogen and oxygen atoms in total. The molecule has 138 valence electrons. The SMILES string of the molecule is N#Cc1c(N2CCN(S(=O)(=O)c3ccc(Br)cc3)CC2)nc2ccccn12. The van der Waals surface area contributed by atoms with Crippen LogP contribution in [0.3, 0.4) is 0 Å². The molecule has 0 bridgehead atoms. The van der Waals surface area contributed by atoms with Gasteiger partial charge in [0.1, 0.15) is 11.7 Å². The van der Waals surface area contributed by atoms with Crippen molar-refractivity contribution >= 4 is 37.4 Å². The summed E-state index contributed by atoms with van der Waals surface area (Å²) in [5.41, 5.74) is 1.17. The minimum Gasteiger partial charge on any atom is -0.352 e. The molecule has 1 saturated heterocycles. The number of nitrogens with zero attached hydrogens (tertiary/aromatic N) is 5. The molecule has 1 aromatic carbocycles. The van der Waals surface area contributed by atoms with E-state index in [1.807, 2.05) is 23.1 Å². The first kappa shape index (κ1) is 18.0. The lowest BCUT2D eigenvalue weighted by Crippen LogP contribution is -2.49. The largest absolute Gasteiger partial charge is 0.352 e. The second kappa shape index (κ2) is 6.96. The third kappa shape index (κ3) is 3.20. The normalized spacial score (nSPS) is 15.8. The van der Waals surface area contributed by atoms with Crippen molar-refractivity contribution in [3.63, 3.8) is 0 Å². The molecule has 27 heavy (non-hydrogen) atoms. The zero-order valence-corrected chi connectivity index (χ0v) is 16.7. The van der Waals surface area contributed by atoms with E-state index in [-0.39, 0.29) is 4.90 Å². The van der Waals surface area contributed by atoms with Gasteiger partial charge in [-0.15, -0.1) is 0 Å². The number of anilines is 1. The number of fused-ring (bicyclic) bond motifs is 1. The first-order chi connectivity index (χ1) is 13.0. The Bertz CT molecular complexity index is 1130. The molecule has 3 aromatic rings. The lowest BCUT2D eigenvalue weighted by Gasteiger charge is -2.34. The van der Waals surface area contributed by atoms with Gasteiger partial charge in [-0.3, -0.25) is 4.40 Å². The number of halogens is 1. The number of sulfonamides is 1. The maximum Gasteiger partial charge on any atom is 0.243 e. The van der Waals surface area contributed by atoms with Crippen LogP contribution in [0.2, 0.25) is 0 Å². The van der Waals surface area contributed by atoms with Crippen molar-refractivity contribution in [2.24, 2.45) is 0 Å². The van der Waals surface area contributed by atoms with Crippen molar-refractivity contribution < 1.29 is 8.42 Å². The third-order valence-corrected chi connectivity index (χ3v) is 7.05. The van der Waals surface area contributed by atoms with Crippen LogP contribution in [0.1, 0.15) is 5.69 Å². The van der Waals surface area contributed by atoms with Crippen LogP contribution >= 0.6 is 15.9 Å². The molecular weight excluding hydrogens is 430 g/mol. The van der Waals surface area contributed by atoms with E-state index in [9.17, 15) is 13.7 Å². The van der Waals surface area contributed by atoms with Crippen LogP contribution in [0, 0.1) is 11.3 Å². The van der Waals surface area contributed by atoms with Gasteiger partial charge in [-0.05, 0) is 36.4 Å². The second-order valence-corrected chi connectivity index (χ2v) is 9.02. The van der Waals surface area contributed by atoms with E-state index in [0.717, 1.165) is 4.47 Å². The van der Waals surface area contributed by atoms with E-state index in [0.29, 0.717) is 43.3 Å². The number of nitriles is 1. The Kier molecular flexibility index (Phi) is 4.63. The standard InChI is InChI=1S/C18H16BrN5O2S/c19-14-4-6-15(7-5-14)27(25,26)23-11-9-22(10-12-23)18-16(13-20)24-8-2-1-3-17(24)21-18/h1-8H,9-12H2. The van der Waals surface area contributed by atoms with Gasteiger partial charge in [-0.2, -0.15) is 9.57 Å². The van der Waals surface area contributed by atoms with Crippen LogP contribution in [0.25, 0.3) is 5.65 Å². The number of pyridine rings is 1. The minimum absolute atomic E-state index is 0.282. The van der Waals surface area contributed by atoms with Crippen LogP contribution in [0.5, 0.6) is 0 Å². The first-order valence-corrected chi connectivity index (χ1v) is 10.6. The molecule has 0 unspecified atom stereocenters. The number of benzene rings is 1. The molecule has 9 heteroatoms. The second-order valence-electron chi connectivity index (χ2n) is 6.17. The average molecular weight is 446 g/mol. The van der Waals surface area contributed by atoms with E-state index < -0.39 is 10.0 Å². The van der Waals surface area contributed by atoms with E-state index >= 15 is 0 Å². The van der Waals surface area contributed by atoms with Crippen molar-refractivity contribution in [2.45, 2.75) is 4.90 Å². The van der Waals surface area contributed by atoms with E-state index in [4.69, 9.17) is 0 Å². The predicted octanol–water partition coefficient (Wildman–Crippen LogP) is 2.48. The Balaban J connectivity index is 1.56. The fraction of sp³-hybridized carbons (Fsp3) is 0.222. The van der Waals surface area contributed by atoms with Crippen molar-refractivity contribution in [1.29, 1.82) is 5.26 Å². The fourth-order valence-electron chi connectivity index (χ4n) is 3.20. The maximum atomic E-state index is 12.8.